The molecule has 80 valence electrons. The summed E-state index contributed by atoms with van der Waals surface area (Å²) in [6.45, 7) is 2.58. The zero-order valence-electron chi connectivity index (χ0n) is 8.58. The molecule has 0 aliphatic rings. The lowest BCUT2D eigenvalue weighted by molar-refractivity contribution is -0.121. The van der Waals surface area contributed by atoms with Crippen LogP contribution in [0.3, 0.4) is 0 Å². The number of nitrogens with two attached hydrogens (primary N) is 1. The standard InChI is InChI=1S/C10H18N2OS/c1-3-7-14-8-6-12-10(13)5-4-9(2)11/h1,9H,4-8,11H2,2H3,(H,12,13). The van der Waals surface area contributed by atoms with E-state index in [1.165, 1.54) is 0 Å². The lowest BCUT2D eigenvalue weighted by Gasteiger charge is -2.05. The van der Waals surface area contributed by atoms with Crippen LogP contribution in [0.2, 0.25) is 0 Å². The van der Waals surface area contributed by atoms with Crippen molar-refractivity contribution in [2.24, 2.45) is 5.73 Å². The summed E-state index contributed by atoms with van der Waals surface area (Å²) in [4.78, 5) is 11.2. The van der Waals surface area contributed by atoms with Gasteiger partial charge in [0.15, 0.2) is 0 Å². The molecule has 0 saturated carbocycles. The molecule has 0 fully saturated rings. The first kappa shape index (κ1) is 13.3. The van der Waals surface area contributed by atoms with Crippen molar-refractivity contribution in [3.05, 3.63) is 0 Å². The largest absolute Gasteiger partial charge is 0.355 e. The van der Waals surface area contributed by atoms with Gasteiger partial charge in [0, 0.05) is 24.8 Å². The summed E-state index contributed by atoms with van der Waals surface area (Å²) in [5.74, 6) is 4.18. The number of amides is 1. The molecule has 0 bridgehead atoms. The molecule has 4 heteroatoms. The van der Waals surface area contributed by atoms with Gasteiger partial charge in [-0.2, -0.15) is 0 Å². The number of rotatable bonds is 7. The maximum atomic E-state index is 11.2. The Balaban J connectivity index is 3.24. The van der Waals surface area contributed by atoms with E-state index in [9.17, 15) is 4.79 Å². The number of terminal acetylenes is 1. The molecule has 0 saturated heterocycles. The van der Waals surface area contributed by atoms with Gasteiger partial charge < -0.3 is 11.1 Å². The van der Waals surface area contributed by atoms with Gasteiger partial charge in [0.25, 0.3) is 0 Å². The van der Waals surface area contributed by atoms with Crippen molar-refractivity contribution < 1.29 is 4.79 Å². The van der Waals surface area contributed by atoms with Crippen molar-refractivity contribution in [3.63, 3.8) is 0 Å². The monoisotopic (exact) mass is 214 g/mol. The van der Waals surface area contributed by atoms with Crippen molar-refractivity contribution in [1.29, 1.82) is 0 Å². The molecule has 0 radical (unpaired) electrons. The molecule has 1 unspecified atom stereocenters. The van der Waals surface area contributed by atoms with Gasteiger partial charge in [-0.05, 0) is 13.3 Å². The number of hydrogen-bond donors (Lipinski definition) is 2. The second-order valence-electron chi connectivity index (χ2n) is 3.12. The van der Waals surface area contributed by atoms with Gasteiger partial charge in [0.05, 0.1) is 5.75 Å². The van der Waals surface area contributed by atoms with Crippen molar-refractivity contribution in [2.45, 2.75) is 25.8 Å². The highest BCUT2D eigenvalue weighted by molar-refractivity contribution is 7.99. The Morgan fingerprint density at radius 2 is 2.43 bits per heavy atom. The molecule has 0 rings (SSSR count). The average Bonchev–Trinajstić information content (AvgIpc) is 2.14. The normalized spacial score (nSPS) is 11.8. The molecule has 1 amide bonds. The van der Waals surface area contributed by atoms with Gasteiger partial charge in [-0.15, -0.1) is 18.2 Å². The molecule has 0 aromatic heterocycles. The number of thioether (sulfide) groups is 1. The van der Waals surface area contributed by atoms with Gasteiger partial charge in [-0.1, -0.05) is 5.92 Å². The first-order valence-electron chi connectivity index (χ1n) is 4.70. The SMILES string of the molecule is C#CCSCCNC(=O)CCC(C)N. The molecule has 1 atom stereocenters. The van der Waals surface area contributed by atoms with Crippen LogP contribution in [0.25, 0.3) is 0 Å². The Morgan fingerprint density at radius 1 is 1.71 bits per heavy atom. The van der Waals surface area contributed by atoms with Gasteiger partial charge in [0.1, 0.15) is 0 Å². The summed E-state index contributed by atoms with van der Waals surface area (Å²) in [6.07, 6.45) is 6.33. The number of hydrogen-bond acceptors (Lipinski definition) is 3. The van der Waals surface area contributed by atoms with Crippen LogP contribution in [-0.4, -0.2) is 30.0 Å². The first-order chi connectivity index (χ1) is 6.66. The molecule has 0 aromatic rings. The third-order valence-electron chi connectivity index (χ3n) is 1.58. The zero-order valence-corrected chi connectivity index (χ0v) is 9.40. The highest BCUT2D eigenvalue weighted by Gasteiger charge is 2.01. The predicted molar refractivity (Wildman–Crippen MR) is 62.1 cm³/mol. The van der Waals surface area contributed by atoms with Crippen molar-refractivity contribution >= 4 is 17.7 Å². The minimum absolute atomic E-state index is 0.0728. The quantitative estimate of drug-likeness (QED) is 0.482. The molecule has 0 aromatic carbocycles. The van der Waals surface area contributed by atoms with E-state index in [0.717, 1.165) is 12.2 Å². The minimum atomic E-state index is 0.0728. The highest BCUT2D eigenvalue weighted by Crippen LogP contribution is 1.96. The fourth-order valence-electron chi connectivity index (χ4n) is 0.841. The molecule has 3 nitrogen and oxygen atoms in total. The lowest BCUT2D eigenvalue weighted by Crippen LogP contribution is -2.27. The van der Waals surface area contributed by atoms with Crippen LogP contribution in [0.5, 0.6) is 0 Å². The summed E-state index contributed by atoms with van der Waals surface area (Å²) in [6, 6.07) is 0.0940. The van der Waals surface area contributed by atoms with Crippen molar-refractivity contribution in [2.75, 3.05) is 18.1 Å². The minimum Gasteiger partial charge on any atom is -0.355 e. The maximum Gasteiger partial charge on any atom is 0.220 e. The van der Waals surface area contributed by atoms with E-state index in [-0.39, 0.29) is 11.9 Å². The fraction of sp³-hybridized carbons (Fsp3) is 0.700. The van der Waals surface area contributed by atoms with E-state index in [4.69, 9.17) is 12.2 Å². The van der Waals surface area contributed by atoms with Crippen LogP contribution in [0, 0.1) is 12.3 Å². The zero-order chi connectivity index (χ0) is 10.8. The third-order valence-corrected chi connectivity index (χ3v) is 2.44. The van der Waals surface area contributed by atoms with Crippen molar-refractivity contribution in [3.8, 4) is 12.3 Å². The molecular weight excluding hydrogens is 196 g/mol. The topological polar surface area (TPSA) is 55.1 Å². The highest BCUT2D eigenvalue weighted by atomic mass is 32.2. The van der Waals surface area contributed by atoms with E-state index in [0.29, 0.717) is 18.7 Å². The molecule has 3 N–H and O–H groups in total. The summed E-state index contributed by atoms with van der Waals surface area (Å²) in [7, 11) is 0. The van der Waals surface area contributed by atoms with E-state index in [2.05, 4.69) is 11.2 Å². The molecule has 0 aliphatic heterocycles. The molecule has 0 heterocycles. The van der Waals surface area contributed by atoms with Gasteiger partial charge >= 0.3 is 0 Å². The summed E-state index contributed by atoms with van der Waals surface area (Å²) >= 11 is 1.64. The average molecular weight is 214 g/mol. The summed E-state index contributed by atoms with van der Waals surface area (Å²) in [5, 5.41) is 2.81. The second kappa shape index (κ2) is 8.92. The Hall–Kier alpha value is -0.660. The Morgan fingerprint density at radius 3 is 3.00 bits per heavy atom. The van der Waals surface area contributed by atoms with Crippen molar-refractivity contribution in [1.82, 2.24) is 5.32 Å². The molecule has 14 heavy (non-hydrogen) atoms. The lowest BCUT2D eigenvalue weighted by atomic mass is 10.2. The van der Waals surface area contributed by atoms with E-state index in [1.807, 2.05) is 6.92 Å². The number of carbonyl (C=O) groups excluding carboxylic acids is 1. The maximum absolute atomic E-state index is 11.2. The second-order valence-corrected chi connectivity index (χ2v) is 4.23. The van der Waals surface area contributed by atoms with Gasteiger partial charge in [-0.25, -0.2) is 0 Å². The van der Waals surface area contributed by atoms with Gasteiger partial charge in [0.2, 0.25) is 5.91 Å². The van der Waals surface area contributed by atoms with Crippen LogP contribution < -0.4 is 11.1 Å². The predicted octanol–water partition coefficient (Wildman–Crippen LogP) is 0.596. The Bertz CT molecular complexity index is 199. The van der Waals surface area contributed by atoms with Crippen LogP contribution in [0.1, 0.15) is 19.8 Å². The van der Waals surface area contributed by atoms with Crippen LogP contribution in [0.4, 0.5) is 0 Å². The van der Waals surface area contributed by atoms with E-state index >= 15 is 0 Å². The first-order valence-corrected chi connectivity index (χ1v) is 5.85. The number of carbonyl (C=O) groups is 1. The van der Waals surface area contributed by atoms with E-state index < -0.39 is 0 Å². The molecular formula is C10H18N2OS. The van der Waals surface area contributed by atoms with E-state index in [1.54, 1.807) is 11.8 Å². The van der Waals surface area contributed by atoms with Gasteiger partial charge in [-0.3, -0.25) is 4.79 Å². The molecule has 0 aliphatic carbocycles. The smallest absolute Gasteiger partial charge is 0.220 e. The Kier molecular flexibility index (Phi) is 8.50. The number of nitrogens with one attached hydrogen (secondary N) is 1. The van der Waals surface area contributed by atoms with Crippen LogP contribution in [0.15, 0.2) is 0 Å². The fourth-order valence-corrected chi connectivity index (χ4v) is 1.35. The summed E-state index contributed by atoms with van der Waals surface area (Å²) in [5.41, 5.74) is 5.53. The molecule has 0 spiro atoms. The summed E-state index contributed by atoms with van der Waals surface area (Å²) < 4.78 is 0. The van der Waals surface area contributed by atoms with Crippen LogP contribution >= 0.6 is 11.8 Å². The third kappa shape index (κ3) is 9.43. The Labute approximate surface area is 90.2 Å². The van der Waals surface area contributed by atoms with Crippen LogP contribution in [-0.2, 0) is 4.79 Å².